The van der Waals surface area contributed by atoms with E-state index in [1.165, 1.54) is 6.07 Å². The van der Waals surface area contributed by atoms with Crippen molar-refractivity contribution in [2.24, 2.45) is 10.7 Å². The van der Waals surface area contributed by atoms with Crippen LogP contribution in [0.5, 0.6) is 11.5 Å². The van der Waals surface area contributed by atoms with Crippen LogP contribution in [0.15, 0.2) is 23.2 Å². The lowest BCUT2D eigenvalue weighted by molar-refractivity contribution is -0.0514. The molecule has 1 aromatic rings. The number of nitrogens with zero attached hydrogens (tertiary/aromatic N) is 1. The van der Waals surface area contributed by atoms with E-state index in [1.807, 2.05) is 6.92 Å². The molecule has 8 heteroatoms. The van der Waals surface area contributed by atoms with Crippen LogP contribution in [-0.2, 0) is 11.3 Å². The van der Waals surface area contributed by atoms with Gasteiger partial charge in [-0.25, -0.2) is 4.99 Å². The number of rotatable bonds is 11. The van der Waals surface area contributed by atoms with Crippen LogP contribution in [0.4, 0.5) is 8.78 Å². The average molecular weight is 345 g/mol. The molecule has 0 atom stereocenters. The quantitative estimate of drug-likeness (QED) is 0.366. The van der Waals surface area contributed by atoms with E-state index in [1.54, 1.807) is 19.1 Å². The van der Waals surface area contributed by atoms with Crippen molar-refractivity contribution in [3.63, 3.8) is 0 Å². The zero-order chi connectivity index (χ0) is 17.8. The molecule has 0 amide bonds. The lowest BCUT2D eigenvalue weighted by Gasteiger charge is -2.12. The molecule has 136 valence electrons. The van der Waals surface area contributed by atoms with Crippen LogP contribution in [0, 0.1) is 0 Å². The van der Waals surface area contributed by atoms with Crippen molar-refractivity contribution in [2.75, 3.05) is 26.4 Å². The van der Waals surface area contributed by atoms with Gasteiger partial charge in [-0.1, -0.05) is 6.07 Å². The van der Waals surface area contributed by atoms with E-state index >= 15 is 0 Å². The van der Waals surface area contributed by atoms with Gasteiger partial charge in [-0.15, -0.1) is 0 Å². The third-order valence-corrected chi connectivity index (χ3v) is 2.93. The highest BCUT2D eigenvalue weighted by Crippen LogP contribution is 2.30. The molecule has 0 bridgehead atoms. The maximum Gasteiger partial charge on any atom is 0.387 e. The molecule has 1 rings (SSSR count). The fraction of sp³-hybridized carbons (Fsp3) is 0.562. The molecule has 0 saturated heterocycles. The Labute approximate surface area is 141 Å². The van der Waals surface area contributed by atoms with Crippen molar-refractivity contribution in [3.05, 3.63) is 23.8 Å². The second-order valence-corrected chi connectivity index (χ2v) is 4.77. The normalized spacial score (nSPS) is 11.6. The van der Waals surface area contributed by atoms with Gasteiger partial charge in [0.2, 0.25) is 0 Å². The van der Waals surface area contributed by atoms with Crippen LogP contribution >= 0.6 is 0 Å². The Morgan fingerprint density at radius 1 is 1.25 bits per heavy atom. The van der Waals surface area contributed by atoms with Gasteiger partial charge in [0.25, 0.3) is 0 Å². The number of hydrogen-bond acceptors (Lipinski definition) is 4. The fourth-order valence-corrected chi connectivity index (χ4v) is 1.88. The topological polar surface area (TPSA) is 78.1 Å². The Morgan fingerprint density at radius 2 is 2.04 bits per heavy atom. The molecule has 6 nitrogen and oxygen atoms in total. The molecule has 1 aromatic carbocycles. The minimum atomic E-state index is -2.90. The Balaban J connectivity index is 2.57. The number of ether oxygens (including phenoxy) is 3. The molecule has 0 unspecified atom stereocenters. The number of guanidine groups is 1. The second kappa shape index (κ2) is 11.4. The summed E-state index contributed by atoms with van der Waals surface area (Å²) in [5.41, 5.74) is 6.55. The summed E-state index contributed by atoms with van der Waals surface area (Å²) in [4.78, 5) is 4.20. The first kappa shape index (κ1) is 20.0. The standard InChI is InChI=1S/C16H25F2N3O3/c1-3-22-9-5-8-20-16(19)21-11-12-6-7-13(24-15(17)18)14(10-12)23-4-2/h6-7,10,15H,3-5,8-9,11H2,1-2H3,(H3,19,20,21). The lowest BCUT2D eigenvalue weighted by Crippen LogP contribution is -2.32. The van der Waals surface area contributed by atoms with E-state index in [9.17, 15) is 8.78 Å². The molecule has 3 N–H and O–H groups in total. The molecule has 0 aliphatic carbocycles. The number of nitrogens with one attached hydrogen (secondary N) is 1. The van der Waals surface area contributed by atoms with Crippen LogP contribution in [-0.4, -0.2) is 38.9 Å². The molecular formula is C16H25F2N3O3. The highest BCUT2D eigenvalue weighted by Gasteiger charge is 2.11. The van der Waals surface area contributed by atoms with E-state index in [2.05, 4.69) is 15.0 Å². The summed E-state index contributed by atoms with van der Waals surface area (Å²) in [5, 5.41) is 2.98. The van der Waals surface area contributed by atoms with E-state index < -0.39 is 6.61 Å². The number of alkyl halides is 2. The van der Waals surface area contributed by atoms with E-state index in [0.717, 1.165) is 12.0 Å². The van der Waals surface area contributed by atoms with E-state index in [0.29, 0.717) is 38.9 Å². The Hall–Kier alpha value is -2.09. The van der Waals surface area contributed by atoms with Crippen molar-refractivity contribution in [3.8, 4) is 11.5 Å². The molecule has 0 aromatic heterocycles. The zero-order valence-corrected chi connectivity index (χ0v) is 14.1. The minimum Gasteiger partial charge on any atom is -0.490 e. The van der Waals surface area contributed by atoms with Gasteiger partial charge in [-0.2, -0.15) is 8.78 Å². The summed E-state index contributed by atoms with van der Waals surface area (Å²) in [5.74, 6) is 0.577. The number of benzene rings is 1. The molecule has 0 radical (unpaired) electrons. The van der Waals surface area contributed by atoms with Crippen molar-refractivity contribution in [2.45, 2.75) is 33.4 Å². The Bertz CT molecular complexity index is 513. The maximum absolute atomic E-state index is 12.4. The molecule has 0 spiro atoms. The summed E-state index contributed by atoms with van der Waals surface area (Å²) in [6.45, 7) is 3.48. The largest absolute Gasteiger partial charge is 0.490 e. The molecule has 0 fully saturated rings. The SMILES string of the molecule is CCOCCCNC(N)=NCc1ccc(OC(F)F)c(OCC)c1. The summed E-state index contributed by atoms with van der Waals surface area (Å²) in [6.07, 6.45) is 0.832. The molecule has 0 aliphatic rings. The van der Waals surface area contributed by atoms with Gasteiger partial charge in [0.05, 0.1) is 13.2 Å². The van der Waals surface area contributed by atoms with Gasteiger partial charge in [0.15, 0.2) is 17.5 Å². The molecule has 24 heavy (non-hydrogen) atoms. The average Bonchev–Trinajstić information content (AvgIpc) is 2.54. The van der Waals surface area contributed by atoms with Crippen LogP contribution in [0.2, 0.25) is 0 Å². The smallest absolute Gasteiger partial charge is 0.387 e. The highest BCUT2D eigenvalue weighted by atomic mass is 19.3. The van der Waals surface area contributed by atoms with Gasteiger partial charge in [-0.05, 0) is 38.0 Å². The first-order valence-corrected chi connectivity index (χ1v) is 7.88. The number of nitrogens with two attached hydrogens (primary N) is 1. The van der Waals surface area contributed by atoms with E-state index in [4.69, 9.17) is 15.2 Å². The van der Waals surface area contributed by atoms with Crippen molar-refractivity contribution < 1.29 is 23.0 Å². The monoisotopic (exact) mass is 345 g/mol. The van der Waals surface area contributed by atoms with Crippen molar-refractivity contribution in [1.29, 1.82) is 0 Å². The first-order valence-electron chi connectivity index (χ1n) is 7.88. The fourth-order valence-electron chi connectivity index (χ4n) is 1.88. The summed E-state index contributed by atoms with van der Waals surface area (Å²) in [6, 6.07) is 4.70. The van der Waals surface area contributed by atoms with Crippen LogP contribution in [0.1, 0.15) is 25.8 Å². The molecule has 0 heterocycles. The third-order valence-electron chi connectivity index (χ3n) is 2.93. The third kappa shape index (κ3) is 7.96. The predicted octanol–water partition coefficient (Wildman–Crippen LogP) is 2.52. The van der Waals surface area contributed by atoms with Gasteiger partial charge < -0.3 is 25.3 Å². The molecule has 0 saturated carbocycles. The van der Waals surface area contributed by atoms with E-state index in [-0.39, 0.29) is 11.5 Å². The van der Waals surface area contributed by atoms with Crippen LogP contribution in [0.3, 0.4) is 0 Å². The first-order chi connectivity index (χ1) is 11.6. The summed E-state index contributed by atoms with van der Waals surface area (Å²) in [7, 11) is 0. The summed E-state index contributed by atoms with van der Waals surface area (Å²) >= 11 is 0. The number of hydrogen-bond donors (Lipinski definition) is 2. The van der Waals surface area contributed by atoms with Gasteiger partial charge in [0.1, 0.15) is 0 Å². The molecule has 0 aliphatic heterocycles. The zero-order valence-electron chi connectivity index (χ0n) is 14.1. The second-order valence-electron chi connectivity index (χ2n) is 4.77. The van der Waals surface area contributed by atoms with Crippen LogP contribution < -0.4 is 20.5 Å². The van der Waals surface area contributed by atoms with Gasteiger partial charge in [0, 0.05) is 19.8 Å². The van der Waals surface area contributed by atoms with Crippen molar-refractivity contribution >= 4 is 5.96 Å². The predicted molar refractivity (Wildman–Crippen MR) is 88.7 cm³/mol. The number of aliphatic imine (C=N–C) groups is 1. The lowest BCUT2D eigenvalue weighted by atomic mass is 10.2. The van der Waals surface area contributed by atoms with Gasteiger partial charge in [-0.3, -0.25) is 0 Å². The molecular weight excluding hydrogens is 320 g/mol. The van der Waals surface area contributed by atoms with Gasteiger partial charge >= 0.3 is 6.61 Å². The highest BCUT2D eigenvalue weighted by molar-refractivity contribution is 5.77. The summed E-state index contributed by atoms with van der Waals surface area (Å²) < 4.78 is 39.7. The Kier molecular flexibility index (Phi) is 9.52. The maximum atomic E-state index is 12.4. The Morgan fingerprint density at radius 3 is 2.71 bits per heavy atom. The van der Waals surface area contributed by atoms with Crippen LogP contribution in [0.25, 0.3) is 0 Å². The van der Waals surface area contributed by atoms with Crippen molar-refractivity contribution in [1.82, 2.24) is 5.32 Å². The minimum absolute atomic E-state index is 0.00148. The number of halogens is 2.